The smallest absolute Gasteiger partial charge is 0.373 e. The number of nitro groups is 1. The highest BCUT2D eigenvalue weighted by Gasteiger charge is 2.25. The number of anilines is 2. The maximum atomic E-state index is 11.5. The minimum atomic E-state index is -0.607. The molecule has 0 unspecified atom stereocenters. The Hall–Kier alpha value is -3.81. The Morgan fingerprint density at radius 3 is 2.38 bits per heavy atom. The zero-order valence-corrected chi connectivity index (χ0v) is 13.7. The SMILES string of the molecule is CC(=O)c1ccc(Nc2ncnc(Oc3ccccc3)c2[N+](=O)[O-])cc1. The van der Waals surface area contributed by atoms with E-state index in [1.807, 2.05) is 0 Å². The van der Waals surface area contributed by atoms with Gasteiger partial charge in [0.15, 0.2) is 5.78 Å². The van der Waals surface area contributed by atoms with E-state index in [2.05, 4.69) is 15.3 Å². The van der Waals surface area contributed by atoms with Gasteiger partial charge in [0.2, 0.25) is 5.82 Å². The number of hydrogen-bond acceptors (Lipinski definition) is 7. The minimum Gasteiger partial charge on any atom is -0.434 e. The van der Waals surface area contributed by atoms with E-state index < -0.39 is 4.92 Å². The molecule has 0 aliphatic carbocycles. The molecule has 3 aromatic rings. The average molecular weight is 350 g/mol. The maximum absolute atomic E-state index is 11.5. The number of aromatic nitrogens is 2. The lowest BCUT2D eigenvalue weighted by Crippen LogP contribution is -2.03. The second kappa shape index (κ2) is 7.39. The van der Waals surface area contributed by atoms with Gasteiger partial charge in [0.1, 0.15) is 12.1 Å². The van der Waals surface area contributed by atoms with Crippen molar-refractivity contribution in [1.29, 1.82) is 0 Å². The van der Waals surface area contributed by atoms with Crippen LogP contribution in [-0.2, 0) is 0 Å². The lowest BCUT2D eigenvalue weighted by molar-refractivity contribution is -0.385. The van der Waals surface area contributed by atoms with Gasteiger partial charge in [0.25, 0.3) is 0 Å². The highest BCUT2D eigenvalue weighted by Crippen LogP contribution is 2.35. The molecule has 1 heterocycles. The van der Waals surface area contributed by atoms with Crippen LogP contribution in [0, 0.1) is 10.1 Å². The van der Waals surface area contributed by atoms with Crippen LogP contribution < -0.4 is 10.1 Å². The van der Waals surface area contributed by atoms with E-state index in [1.54, 1.807) is 54.6 Å². The molecule has 0 saturated carbocycles. The normalized spacial score (nSPS) is 10.2. The molecule has 3 rings (SSSR count). The van der Waals surface area contributed by atoms with E-state index >= 15 is 0 Å². The van der Waals surface area contributed by atoms with E-state index in [9.17, 15) is 14.9 Å². The Morgan fingerprint density at radius 2 is 1.77 bits per heavy atom. The molecule has 130 valence electrons. The number of rotatable bonds is 6. The van der Waals surface area contributed by atoms with Crippen LogP contribution in [0.3, 0.4) is 0 Å². The second-order valence-corrected chi connectivity index (χ2v) is 5.31. The molecule has 0 bridgehead atoms. The summed E-state index contributed by atoms with van der Waals surface area (Å²) in [6, 6.07) is 15.2. The summed E-state index contributed by atoms with van der Waals surface area (Å²) in [4.78, 5) is 30.1. The molecule has 0 atom stereocenters. The quantitative estimate of drug-likeness (QED) is 0.405. The molecule has 0 spiro atoms. The van der Waals surface area contributed by atoms with Crippen LogP contribution in [0.25, 0.3) is 0 Å². The molecule has 1 N–H and O–H groups in total. The zero-order valence-electron chi connectivity index (χ0n) is 13.7. The molecule has 0 saturated heterocycles. The van der Waals surface area contributed by atoms with Gasteiger partial charge in [0, 0.05) is 11.3 Å². The van der Waals surface area contributed by atoms with Gasteiger partial charge in [-0.25, -0.2) is 4.98 Å². The van der Waals surface area contributed by atoms with Crippen molar-refractivity contribution in [2.45, 2.75) is 6.92 Å². The van der Waals surface area contributed by atoms with Crippen molar-refractivity contribution in [3.05, 3.63) is 76.6 Å². The Balaban J connectivity index is 1.92. The fourth-order valence-corrected chi connectivity index (χ4v) is 2.22. The molecule has 2 aromatic carbocycles. The molecule has 0 aliphatic heterocycles. The van der Waals surface area contributed by atoms with Gasteiger partial charge in [-0.15, -0.1) is 0 Å². The second-order valence-electron chi connectivity index (χ2n) is 5.31. The van der Waals surface area contributed by atoms with E-state index in [-0.39, 0.29) is 23.2 Å². The van der Waals surface area contributed by atoms with E-state index in [0.29, 0.717) is 17.0 Å². The fraction of sp³-hybridized carbons (Fsp3) is 0.0556. The number of hydrogen-bond donors (Lipinski definition) is 1. The summed E-state index contributed by atoms with van der Waals surface area (Å²) in [6.07, 6.45) is 1.18. The third-order valence-electron chi connectivity index (χ3n) is 3.48. The molecule has 0 radical (unpaired) electrons. The number of benzene rings is 2. The maximum Gasteiger partial charge on any atom is 0.373 e. The van der Waals surface area contributed by atoms with Crippen molar-refractivity contribution in [3.63, 3.8) is 0 Å². The molecular formula is C18H14N4O4. The first-order valence-electron chi connectivity index (χ1n) is 7.65. The topological polar surface area (TPSA) is 107 Å². The molecular weight excluding hydrogens is 336 g/mol. The Labute approximate surface area is 148 Å². The standard InChI is InChI=1S/C18H14N4O4/c1-12(23)13-7-9-14(10-8-13)21-17-16(22(24)25)18(20-11-19-17)26-15-5-3-2-4-6-15/h2-11H,1H3,(H,19,20,21). The first kappa shape index (κ1) is 17.0. The lowest BCUT2D eigenvalue weighted by Gasteiger charge is -2.09. The highest BCUT2D eigenvalue weighted by atomic mass is 16.6. The van der Waals surface area contributed by atoms with Gasteiger partial charge >= 0.3 is 11.6 Å². The Morgan fingerprint density at radius 1 is 1.08 bits per heavy atom. The number of ether oxygens (including phenoxy) is 1. The van der Waals surface area contributed by atoms with Crippen LogP contribution in [0.1, 0.15) is 17.3 Å². The molecule has 8 heteroatoms. The van der Waals surface area contributed by atoms with Crippen LogP contribution in [0.4, 0.5) is 17.2 Å². The number of Topliss-reactive ketones (excluding diaryl/α,β-unsaturated/α-hetero) is 1. The number of ketones is 1. The third kappa shape index (κ3) is 3.81. The number of nitrogens with one attached hydrogen (secondary N) is 1. The summed E-state index contributed by atoms with van der Waals surface area (Å²) in [7, 11) is 0. The number of carbonyl (C=O) groups excluding carboxylic acids is 1. The van der Waals surface area contributed by atoms with E-state index in [1.165, 1.54) is 13.3 Å². The summed E-state index contributed by atoms with van der Waals surface area (Å²) in [5, 5.41) is 14.4. The predicted molar refractivity (Wildman–Crippen MR) is 94.9 cm³/mol. The largest absolute Gasteiger partial charge is 0.434 e. The van der Waals surface area contributed by atoms with Crippen molar-refractivity contribution in [2.75, 3.05) is 5.32 Å². The van der Waals surface area contributed by atoms with Gasteiger partial charge < -0.3 is 10.1 Å². The first-order chi connectivity index (χ1) is 12.5. The minimum absolute atomic E-state index is 0.00786. The van der Waals surface area contributed by atoms with Crippen molar-refractivity contribution < 1.29 is 14.5 Å². The summed E-state index contributed by atoms with van der Waals surface area (Å²) >= 11 is 0. The summed E-state index contributed by atoms with van der Waals surface area (Å²) in [5.74, 6) is 0.180. The molecule has 0 fully saturated rings. The highest BCUT2D eigenvalue weighted by molar-refractivity contribution is 5.94. The third-order valence-corrected chi connectivity index (χ3v) is 3.48. The van der Waals surface area contributed by atoms with Gasteiger partial charge in [-0.3, -0.25) is 14.9 Å². The van der Waals surface area contributed by atoms with Crippen molar-refractivity contribution in [2.24, 2.45) is 0 Å². The molecule has 1 aromatic heterocycles. The molecule has 0 aliphatic rings. The average Bonchev–Trinajstić information content (AvgIpc) is 2.63. The van der Waals surface area contributed by atoms with Crippen molar-refractivity contribution in [1.82, 2.24) is 9.97 Å². The van der Waals surface area contributed by atoms with E-state index in [0.717, 1.165) is 0 Å². The van der Waals surface area contributed by atoms with Crippen LogP contribution >= 0.6 is 0 Å². The van der Waals surface area contributed by atoms with Gasteiger partial charge in [-0.1, -0.05) is 18.2 Å². The summed E-state index contributed by atoms with van der Waals surface area (Å²) < 4.78 is 5.52. The summed E-state index contributed by atoms with van der Waals surface area (Å²) in [6.45, 7) is 1.46. The molecule has 26 heavy (non-hydrogen) atoms. The van der Waals surface area contributed by atoms with Gasteiger partial charge in [0.05, 0.1) is 4.92 Å². The monoisotopic (exact) mass is 350 g/mol. The van der Waals surface area contributed by atoms with Crippen LogP contribution in [0.5, 0.6) is 11.6 Å². The lowest BCUT2D eigenvalue weighted by atomic mass is 10.1. The Bertz CT molecular complexity index is 943. The zero-order chi connectivity index (χ0) is 18.5. The molecule has 8 nitrogen and oxygen atoms in total. The van der Waals surface area contributed by atoms with Crippen LogP contribution in [-0.4, -0.2) is 20.7 Å². The molecule has 0 amide bonds. The van der Waals surface area contributed by atoms with E-state index in [4.69, 9.17) is 4.74 Å². The van der Waals surface area contributed by atoms with Gasteiger partial charge in [-0.2, -0.15) is 4.98 Å². The number of para-hydroxylation sites is 1. The first-order valence-corrected chi connectivity index (χ1v) is 7.65. The number of nitrogens with zero attached hydrogens (tertiary/aromatic N) is 3. The van der Waals surface area contributed by atoms with Crippen LogP contribution in [0.2, 0.25) is 0 Å². The predicted octanol–water partition coefficient (Wildman–Crippen LogP) is 4.12. The fourth-order valence-electron chi connectivity index (χ4n) is 2.22. The van der Waals surface area contributed by atoms with Crippen molar-refractivity contribution in [3.8, 4) is 11.6 Å². The van der Waals surface area contributed by atoms with Crippen LogP contribution in [0.15, 0.2) is 60.9 Å². The summed E-state index contributed by atoms with van der Waals surface area (Å²) in [5.41, 5.74) is 0.704. The number of carbonyl (C=O) groups is 1. The van der Waals surface area contributed by atoms with Crippen molar-refractivity contribution >= 4 is 23.0 Å². The van der Waals surface area contributed by atoms with Gasteiger partial charge in [-0.05, 0) is 43.3 Å². The Kier molecular flexibility index (Phi) is 4.84.